The zero-order valence-corrected chi connectivity index (χ0v) is 9.96. The van der Waals surface area contributed by atoms with Crippen LogP contribution in [0.1, 0.15) is 19.4 Å². The van der Waals surface area contributed by atoms with Crippen LogP contribution in [0.2, 0.25) is 5.02 Å². The Labute approximate surface area is 91.6 Å². The van der Waals surface area contributed by atoms with Crippen LogP contribution in [-0.2, 0) is 5.41 Å². The summed E-state index contributed by atoms with van der Waals surface area (Å²) >= 11 is 9.57. The van der Waals surface area contributed by atoms with E-state index < -0.39 is 0 Å². The van der Waals surface area contributed by atoms with Crippen LogP contribution in [0.4, 0.5) is 5.69 Å². The van der Waals surface area contributed by atoms with Gasteiger partial charge < -0.3 is 5.32 Å². The molecule has 1 aliphatic rings. The highest BCUT2D eigenvalue weighted by Crippen LogP contribution is 2.43. The van der Waals surface area contributed by atoms with Crippen LogP contribution in [0.5, 0.6) is 0 Å². The predicted octanol–water partition coefficient (Wildman–Crippen LogP) is 3.81. The summed E-state index contributed by atoms with van der Waals surface area (Å²) < 4.78 is 0.957. The first-order valence-corrected chi connectivity index (χ1v) is 5.42. The maximum atomic E-state index is 6.16. The van der Waals surface area contributed by atoms with Gasteiger partial charge in [-0.1, -0.05) is 31.5 Å². The fourth-order valence-corrected chi connectivity index (χ4v) is 2.25. The molecule has 0 saturated heterocycles. The molecule has 0 radical (unpaired) electrons. The smallest absolute Gasteiger partial charge is 0.0782 e. The van der Waals surface area contributed by atoms with Crippen molar-refractivity contribution in [2.45, 2.75) is 19.3 Å². The summed E-state index contributed by atoms with van der Waals surface area (Å²) in [5.41, 5.74) is 2.58. The number of halogens is 2. The number of benzene rings is 1. The quantitative estimate of drug-likeness (QED) is 0.748. The molecule has 0 atom stereocenters. The SMILES string of the molecule is CC1(C)CNc2c1ccc(Br)c2Cl. The van der Waals surface area contributed by atoms with Gasteiger partial charge in [-0.05, 0) is 27.6 Å². The molecule has 13 heavy (non-hydrogen) atoms. The molecule has 70 valence electrons. The van der Waals surface area contributed by atoms with Gasteiger partial charge in [0.05, 0.1) is 10.7 Å². The van der Waals surface area contributed by atoms with Gasteiger partial charge in [-0.25, -0.2) is 0 Å². The van der Waals surface area contributed by atoms with Crippen LogP contribution < -0.4 is 5.32 Å². The van der Waals surface area contributed by atoms with Crippen LogP contribution in [-0.4, -0.2) is 6.54 Å². The molecule has 0 unspecified atom stereocenters. The van der Waals surface area contributed by atoms with E-state index >= 15 is 0 Å². The van der Waals surface area contributed by atoms with Crippen molar-refractivity contribution < 1.29 is 0 Å². The van der Waals surface area contributed by atoms with E-state index in [1.165, 1.54) is 5.56 Å². The first-order valence-electron chi connectivity index (χ1n) is 4.25. The predicted molar refractivity (Wildman–Crippen MR) is 60.7 cm³/mol. The second-order valence-corrected chi connectivity index (χ2v) is 5.25. The summed E-state index contributed by atoms with van der Waals surface area (Å²) in [6.45, 7) is 5.39. The van der Waals surface area contributed by atoms with Crippen molar-refractivity contribution in [1.82, 2.24) is 0 Å². The van der Waals surface area contributed by atoms with Gasteiger partial charge in [0.25, 0.3) is 0 Å². The fraction of sp³-hybridized carbons (Fsp3) is 0.400. The molecule has 0 spiro atoms. The Kier molecular flexibility index (Phi) is 2.08. The molecule has 1 nitrogen and oxygen atoms in total. The van der Waals surface area contributed by atoms with Gasteiger partial charge in [0.1, 0.15) is 0 Å². The minimum atomic E-state index is 0.194. The Morgan fingerprint density at radius 2 is 2.15 bits per heavy atom. The van der Waals surface area contributed by atoms with Gasteiger partial charge in [0.15, 0.2) is 0 Å². The summed E-state index contributed by atoms with van der Waals surface area (Å²) in [7, 11) is 0. The van der Waals surface area contributed by atoms with Crippen molar-refractivity contribution in [3.05, 3.63) is 27.2 Å². The van der Waals surface area contributed by atoms with Gasteiger partial charge in [-0.15, -0.1) is 0 Å². The maximum absolute atomic E-state index is 6.16. The Morgan fingerprint density at radius 3 is 2.85 bits per heavy atom. The minimum Gasteiger partial charge on any atom is -0.383 e. The van der Waals surface area contributed by atoms with E-state index in [-0.39, 0.29) is 5.41 Å². The van der Waals surface area contributed by atoms with E-state index in [2.05, 4.69) is 41.2 Å². The van der Waals surface area contributed by atoms with Crippen LogP contribution in [0, 0.1) is 0 Å². The minimum absolute atomic E-state index is 0.194. The van der Waals surface area contributed by atoms with Crippen LogP contribution in [0.3, 0.4) is 0 Å². The molecule has 0 aliphatic carbocycles. The first-order chi connectivity index (χ1) is 6.02. The number of anilines is 1. The molecular formula is C10H11BrClN. The third-order valence-corrected chi connectivity index (χ3v) is 3.81. The van der Waals surface area contributed by atoms with E-state index in [0.29, 0.717) is 0 Å². The third-order valence-electron chi connectivity index (χ3n) is 2.53. The average molecular weight is 261 g/mol. The lowest BCUT2D eigenvalue weighted by Crippen LogP contribution is -2.18. The monoisotopic (exact) mass is 259 g/mol. The largest absolute Gasteiger partial charge is 0.383 e. The number of fused-ring (bicyclic) bond motifs is 1. The summed E-state index contributed by atoms with van der Waals surface area (Å²) in [6.07, 6.45) is 0. The van der Waals surface area contributed by atoms with Crippen molar-refractivity contribution in [2.75, 3.05) is 11.9 Å². The fourth-order valence-electron chi connectivity index (χ4n) is 1.69. The van der Waals surface area contributed by atoms with Gasteiger partial charge in [-0.2, -0.15) is 0 Å². The highest BCUT2D eigenvalue weighted by molar-refractivity contribution is 9.10. The average Bonchev–Trinajstić information content (AvgIpc) is 2.35. The van der Waals surface area contributed by atoms with Crippen molar-refractivity contribution in [3.63, 3.8) is 0 Å². The van der Waals surface area contributed by atoms with Gasteiger partial charge in [0, 0.05) is 16.4 Å². The second-order valence-electron chi connectivity index (χ2n) is 4.02. The molecule has 0 saturated carbocycles. The molecular weight excluding hydrogens is 249 g/mol. The molecule has 0 fully saturated rings. The lowest BCUT2D eigenvalue weighted by Gasteiger charge is -2.16. The standard InChI is InChI=1S/C10H11BrClN/c1-10(2)5-13-9-6(10)3-4-7(11)8(9)12/h3-4,13H,5H2,1-2H3. The van der Waals surface area contributed by atoms with Gasteiger partial charge in [-0.3, -0.25) is 0 Å². The molecule has 0 amide bonds. The van der Waals surface area contributed by atoms with E-state index in [0.717, 1.165) is 21.7 Å². The lowest BCUT2D eigenvalue weighted by molar-refractivity contribution is 0.586. The Bertz CT molecular complexity index is 360. The van der Waals surface area contributed by atoms with Crippen molar-refractivity contribution in [2.24, 2.45) is 0 Å². The summed E-state index contributed by atoms with van der Waals surface area (Å²) in [4.78, 5) is 0. The maximum Gasteiger partial charge on any atom is 0.0782 e. The van der Waals surface area contributed by atoms with E-state index in [9.17, 15) is 0 Å². The van der Waals surface area contributed by atoms with Crippen molar-refractivity contribution in [1.29, 1.82) is 0 Å². The Hall–Kier alpha value is -0.210. The first kappa shape index (κ1) is 9.35. The zero-order valence-electron chi connectivity index (χ0n) is 7.62. The third kappa shape index (κ3) is 1.36. The number of nitrogens with one attached hydrogen (secondary N) is 1. The normalized spacial score (nSPS) is 18.2. The summed E-state index contributed by atoms with van der Waals surface area (Å²) in [5, 5.41) is 4.13. The Balaban J connectivity index is 2.64. The Morgan fingerprint density at radius 1 is 1.46 bits per heavy atom. The molecule has 0 aromatic heterocycles. The lowest BCUT2D eigenvalue weighted by atomic mass is 9.87. The van der Waals surface area contributed by atoms with Crippen LogP contribution in [0.25, 0.3) is 0 Å². The molecule has 1 heterocycles. The summed E-state index contributed by atoms with van der Waals surface area (Å²) in [6, 6.07) is 4.14. The van der Waals surface area contributed by atoms with Gasteiger partial charge in [0.2, 0.25) is 0 Å². The summed E-state index contributed by atoms with van der Waals surface area (Å²) in [5.74, 6) is 0. The highest BCUT2D eigenvalue weighted by Gasteiger charge is 2.31. The highest BCUT2D eigenvalue weighted by atomic mass is 79.9. The van der Waals surface area contributed by atoms with E-state index in [1.807, 2.05) is 6.07 Å². The molecule has 1 N–H and O–H groups in total. The molecule has 1 aliphatic heterocycles. The topological polar surface area (TPSA) is 12.0 Å². The molecule has 1 aromatic carbocycles. The van der Waals surface area contributed by atoms with Gasteiger partial charge >= 0.3 is 0 Å². The zero-order chi connectivity index (χ0) is 9.64. The van der Waals surface area contributed by atoms with Crippen molar-refractivity contribution in [3.8, 4) is 0 Å². The van der Waals surface area contributed by atoms with Crippen LogP contribution in [0.15, 0.2) is 16.6 Å². The van der Waals surface area contributed by atoms with E-state index in [4.69, 9.17) is 11.6 Å². The number of rotatable bonds is 0. The van der Waals surface area contributed by atoms with Crippen molar-refractivity contribution >= 4 is 33.2 Å². The molecule has 3 heteroatoms. The number of hydrogen-bond donors (Lipinski definition) is 1. The molecule has 1 aromatic rings. The second kappa shape index (κ2) is 2.89. The van der Waals surface area contributed by atoms with E-state index in [1.54, 1.807) is 0 Å². The molecule has 2 rings (SSSR count). The van der Waals surface area contributed by atoms with Crippen LogP contribution >= 0.6 is 27.5 Å². The number of hydrogen-bond acceptors (Lipinski definition) is 1. The molecule has 0 bridgehead atoms.